The van der Waals surface area contributed by atoms with Gasteiger partial charge >= 0.3 is 0 Å². The first-order valence-electron chi connectivity index (χ1n) is 13.2. The quantitative estimate of drug-likeness (QED) is 0.238. The summed E-state index contributed by atoms with van der Waals surface area (Å²) in [6.45, 7) is 0. The first-order chi connectivity index (χ1) is 19.4. The van der Waals surface area contributed by atoms with Crippen LogP contribution in [0.5, 0.6) is 0 Å². The second-order valence-corrected chi connectivity index (χ2v) is 10.1. The molecule has 39 heavy (non-hydrogen) atoms. The topological polar surface area (TPSA) is 26.0 Å². The number of aromatic nitrogens is 3. The molecule has 0 unspecified atom stereocenters. The highest BCUT2D eigenvalue weighted by molar-refractivity contribution is 6.28. The van der Waals surface area contributed by atoms with Crippen LogP contribution in [0.15, 0.2) is 134 Å². The standard InChI is InChI=1S/C35H22N4/c1-2-10-23(11-3-1)37-29-16-6-7-17-30(29)39-31-20-19-26-25-13-4-5-15-28(25)38(24-12-9-21-36-22-24)35(26)33(31)27-14-8-18-32(37)34(27)39/h1-22H. The third-order valence-corrected chi connectivity index (χ3v) is 8.09. The summed E-state index contributed by atoms with van der Waals surface area (Å²) < 4.78 is 4.84. The van der Waals surface area contributed by atoms with E-state index in [1.54, 1.807) is 0 Å². The van der Waals surface area contributed by atoms with Crippen LogP contribution in [0.3, 0.4) is 0 Å². The van der Waals surface area contributed by atoms with Crippen LogP contribution < -0.4 is 4.90 Å². The molecule has 0 saturated carbocycles. The number of fused-ring (bicyclic) bond motifs is 9. The van der Waals surface area contributed by atoms with Crippen LogP contribution in [0, 0.1) is 0 Å². The van der Waals surface area contributed by atoms with Gasteiger partial charge in [0.25, 0.3) is 0 Å². The molecule has 0 N–H and O–H groups in total. The Morgan fingerprint density at radius 2 is 1.18 bits per heavy atom. The number of nitrogens with zero attached hydrogens (tertiary/aromatic N) is 4. The van der Waals surface area contributed by atoms with Crippen molar-refractivity contribution < 1.29 is 0 Å². The van der Waals surface area contributed by atoms with Crippen molar-refractivity contribution in [1.29, 1.82) is 0 Å². The van der Waals surface area contributed by atoms with Crippen LogP contribution >= 0.6 is 0 Å². The Morgan fingerprint density at radius 1 is 0.436 bits per heavy atom. The first-order valence-corrected chi connectivity index (χ1v) is 13.2. The van der Waals surface area contributed by atoms with E-state index in [1.165, 1.54) is 60.7 Å². The molecule has 1 aliphatic heterocycles. The highest BCUT2D eigenvalue weighted by Crippen LogP contribution is 2.51. The molecule has 8 aromatic rings. The predicted octanol–water partition coefficient (Wildman–Crippen LogP) is 9.06. The molecule has 182 valence electrons. The van der Waals surface area contributed by atoms with Crippen molar-refractivity contribution in [1.82, 2.24) is 14.1 Å². The van der Waals surface area contributed by atoms with Gasteiger partial charge in [-0.15, -0.1) is 0 Å². The van der Waals surface area contributed by atoms with Gasteiger partial charge in [0.15, 0.2) is 0 Å². The van der Waals surface area contributed by atoms with Crippen molar-refractivity contribution in [3.05, 3.63) is 134 Å². The van der Waals surface area contributed by atoms with E-state index in [2.05, 4.69) is 134 Å². The normalized spacial score (nSPS) is 12.6. The lowest BCUT2D eigenvalue weighted by atomic mass is 10.1. The number of anilines is 3. The number of pyridine rings is 1. The van der Waals surface area contributed by atoms with Crippen LogP contribution in [-0.2, 0) is 0 Å². The summed E-state index contributed by atoms with van der Waals surface area (Å²) in [6.07, 6.45) is 3.79. The minimum Gasteiger partial charge on any atom is -0.307 e. The molecule has 4 nitrogen and oxygen atoms in total. The third-order valence-electron chi connectivity index (χ3n) is 8.09. The maximum Gasteiger partial charge on any atom is 0.0784 e. The fraction of sp³-hybridized carbons (Fsp3) is 0. The second kappa shape index (κ2) is 7.59. The molecule has 0 atom stereocenters. The van der Waals surface area contributed by atoms with Crippen LogP contribution in [0.1, 0.15) is 0 Å². The molecule has 0 amide bonds. The summed E-state index contributed by atoms with van der Waals surface area (Å²) in [5.41, 5.74) is 10.6. The zero-order valence-electron chi connectivity index (χ0n) is 21.0. The van der Waals surface area contributed by atoms with Crippen LogP contribution in [-0.4, -0.2) is 14.1 Å². The molecule has 0 saturated heterocycles. The Hall–Kier alpha value is -5.35. The smallest absolute Gasteiger partial charge is 0.0784 e. The lowest BCUT2D eigenvalue weighted by Crippen LogP contribution is -2.17. The van der Waals surface area contributed by atoms with Gasteiger partial charge in [-0.1, -0.05) is 66.7 Å². The van der Waals surface area contributed by atoms with Crippen LogP contribution in [0.4, 0.5) is 17.1 Å². The molecule has 3 aromatic heterocycles. The number of hydrogen-bond donors (Lipinski definition) is 0. The van der Waals surface area contributed by atoms with Gasteiger partial charge in [-0.3, -0.25) is 4.98 Å². The van der Waals surface area contributed by atoms with Crippen molar-refractivity contribution in [2.75, 3.05) is 4.90 Å². The minimum absolute atomic E-state index is 1.06. The van der Waals surface area contributed by atoms with E-state index in [1.807, 2.05) is 18.5 Å². The Balaban J connectivity index is 1.53. The Bertz CT molecular complexity index is 2220. The molecule has 0 spiro atoms. The number of benzene rings is 5. The maximum absolute atomic E-state index is 4.48. The molecular formula is C35H22N4. The van der Waals surface area contributed by atoms with Crippen molar-refractivity contribution in [3.63, 3.8) is 0 Å². The van der Waals surface area contributed by atoms with Crippen LogP contribution in [0.2, 0.25) is 0 Å². The van der Waals surface area contributed by atoms with Crippen molar-refractivity contribution in [2.24, 2.45) is 0 Å². The largest absolute Gasteiger partial charge is 0.307 e. The molecule has 1 aliphatic rings. The monoisotopic (exact) mass is 498 g/mol. The van der Waals surface area contributed by atoms with Gasteiger partial charge in [0.2, 0.25) is 0 Å². The van der Waals surface area contributed by atoms with E-state index < -0.39 is 0 Å². The summed E-state index contributed by atoms with van der Waals surface area (Å²) in [6, 6.07) is 43.6. The van der Waals surface area contributed by atoms with Crippen molar-refractivity contribution in [3.8, 4) is 11.4 Å². The average molecular weight is 499 g/mol. The number of rotatable bonds is 2. The van der Waals surface area contributed by atoms with Gasteiger partial charge in [-0.05, 0) is 54.6 Å². The van der Waals surface area contributed by atoms with Gasteiger partial charge < -0.3 is 14.0 Å². The summed E-state index contributed by atoms with van der Waals surface area (Å²) in [7, 11) is 0. The van der Waals surface area contributed by atoms with Crippen LogP contribution in [0.25, 0.3) is 55.0 Å². The van der Waals surface area contributed by atoms with E-state index >= 15 is 0 Å². The SMILES string of the molecule is c1ccc(N2c3ccccc3-n3c4ccc5c6ccccc6n(-c6cccnc6)c5c4c4cccc2c43)cc1. The molecule has 4 heterocycles. The average Bonchev–Trinajstić information content (AvgIpc) is 3.52. The Morgan fingerprint density at radius 3 is 2.05 bits per heavy atom. The van der Waals surface area contributed by atoms with E-state index in [4.69, 9.17) is 0 Å². The van der Waals surface area contributed by atoms with Crippen molar-refractivity contribution >= 4 is 60.7 Å². The zero-order valence-corrected chi connectivity index (χ0v) is 21.0. The van der Waals surface area contributed by atoms with Gasteiger partial charge in [-0.2, -0.15) is 0 Å². The number of hydrogen-bond acceptors (Lipinski definition) is 2. The molecule has 5 aromatic carbocycles. The molecule has 0 bridgehead atoms. The lowest BCUT2D eigenvalue weighted by Gasteiger charge is -2.33. The molecule has 0 fully saturated rings. The van der Waals surface area contributed by atoms with Crippen molar-refractivity contribution in [2.45, 2.75) is 0 Å². The maximum atomic E-state index is 4.48. The summed E-state index contributed by atoms with van der Waals surface area (Å²) in [4.78, 5) is 6.88. The fourth-order valence-electron chi connectivity index (χ4n) is 6.60. The summed E-state index contributed by atoms with van der Waals surface area (Å²) in [5.74, 6) is 0. The first kappa shape index (κ1) is 20.7. The van der Waals surface area contributed by atoms with E-state index in [-0.39, 0.29) is 0 Å². The summed E-state index contributed by atoms with van der Waals surface area (Å²) in [5, 5.41) is 5.00. The van der Waals surface area contributed by atoms with Gasteiger partial charge in [0.1, 0.15) is 0 Å². The summed E-state index contributed by atoms with van der Waals surface area (Å²) >= 11 is 0. The molecule has 9 rings (SSSR count). The van der Waals surface area contributed by atoms with E-state index in [9.17, 15) is 0 Å². The van der Waals surface area contributed by atoms with E-state index in [0.29, 0.717) is 0 Å². The van der Waals surface area contributed by atoms with Gasteiger partial charge in [0, 0.05) is 33.4 Å². The lowest BCUT2D eigenvalue weighted by molar-refractivity contribution is 1.11. The predicted molar refractivity (Wildman–Crippen MR) is 161 cm³/mol. The highest BCUT2D eigenvalue weighted by Gasteiger charge is 2.29. The second-order valence-electron chi connectivity index (χ2n) is 10.1. The highest BCUT2D eigenvalue weighted by atomic mass is 15.2. The minimum atomic E-state index is 1.06. The molecule has 0 radical (unpaired) electrons. The third kappa shape index (κ3) is 2.65. The zero-order chi connectivity index (χ0) is 25.5. The molecule has 0 aliphatic carbocycles. The molecular weight excluding hydrogens is 476 g/mol. The Kier molecular flexibility index (Phi) is 4.02. The number of para-hydroxylation sites is 5. The Labute approximate surface area is 224 Å². The van der Waals surface area contributed by atoms with Gasteiger partial charge in [-0.25, -0.2) is 0 Å². The van der Waals surface area contributed by atoms with E-state index in [0.717, 1.165) is 11.4 Å². The fourth-order valence-corrected chi connectivity index (χ4v) is 6.60. The molecule has 4 heteroatoms. The van der Waals surface area contributed by atoms with Gasteiger partial charge in [0.05, 0.1) is 51.0 Å².